The Morgan fingerprint density at radius 3 is 2.66 bits per heavy atom. The van der Waals surface area contributed by atoms with E-state index in [2.05, 4.69) is 20.8 Å². The third-order valence-corrected chi connectivity index (χ3v) is 6.92. The summed E-state index contributed by atoms with van der Waals surface area (Å²) in [4.78, 5) is 30.7. The first-order valence-electron chi connectivity index (χ1n) is 11.4. The number of hydrogen-bond acceptors (Lipinski definition) is 7. The molecule has 0 spiro atoms. The van der Waals surface area contributed by atoms with Crippen molar-refractivity contribution in [1.82, 2.24) is 9.80 Å². The standard InChI is InChI=1S/C26H25BrN2O6/c1-33-19-7-3-5-17-15-20(35-25(17)19)23(30)21-22(16-4-2-6-18(27)14-16)29(26(32)24(21)31)9-8-28-10-12-34-13-11-28/h2-7,14-15,22,31H,8-13H2,1H3/t22-/m1/s1. The summed E-state index contributed by atoms with van der Waals surface area (Å²) in [5.74, 6) is -1.12. The van der Waals surface area contributed by atoms with Crippen molar-refractivity contribution >= 4 is 38.6 Å². The van der Waals surface area contributed by atoms with Crippen LogP contribution < -0.4 is 4.74 Å². The topological polar surface area (TPSA) is 92.5 Å². The molecule has 3 heterocycles. The van der Waals surface area contributed by atoms with E-state index >= 15 is 0 Å². The molecule has 9 heteroatoms. The largest absolute Gasteiger partial charge is 0.503 e. The Kier molecular flexibility index (Phi) is 6.64. The number of para-hydroxylation sites is 1. The molecule has 2 aliphatic heterocycles. The van der Waals surface area contributed by atoms with Gasteiger partial charge in [0.1, 0.15) is 0 Å². The van der Waals surface area contributed by atoms with Crippen molar-refractivity contribution in [3.63, 3.8) is 0 Å². The van der Waals surface area contributed by atoms with Gasteiger partial charge in [0, 0.05) is 36.0 Å². The number of ketones is 1. The number of aliphatic hydroxyl groups is 1. The van der Waals surface area contributed by atoms with E-state index < -0.39 is 23.5 Å². The molecule has 1 amide bonds. The zero-order valence-electron chi connectivity index (χ0n) is 19.2. The fourth-order valence-electron chi connectivity index (χ4n) is 4.66. The Labute approximate surface area is 210 Å². The SMILES string of the molecule is COc1cccc2cc(C(=O)C3=C(O)C(=O)N(CCN4CCOCC4)[C@@H]3c3cccc(Br)c3)oc12. The lowest BCUT2D eigenvalue weighted by molar-refractivity contribution is -0.129. The van der Waals surface area contributed by atoms with Gasteiger partial charge in [0.2, 0.25) is 5.78 Å². The fourth-order valence-corrected chi connectivity index (χ4v) is 5.07. The van der Waals surface area contributed by atoms with Crippen molar-refractivity contribution in [3.05, 3.63) is 75.7 Å². The zero-order chi connectivity index (χ0) is 24.5. The minimum Gasteiger partial charge on any atom is -0.503 e. The van der Waals surface area contributed by atoms with E-state index in [0.717, 1.165) is 23.1 Å². The molecule has 2 aliphatic rings. The number of ether oxygens (including phenoxy) is 2. The van der Waals surface area contributed by atoms with Crippen LogP contribution in [-0.4, -0.2) is 73.1 Å². The number of halogens is 1. The van der Waals surface area contributed by atoms with Crippen LogP contribution in [0.2, 0.25) is 0 Å². The van der Waals surface area contributed by atoms with Gasteiger partial charge >= 0.3 is 0 Å². The highest BCUT2D eigenvalue weighted by molar-refractivity contribution is 9.10. The number of nitrogens with zero attached hydrogens (tertiary/aromatic N) is 2. The first-order chi connectivity index (χ1) is 17.0. The molecular formula is C26H25BrN2O6. The van der Waals surface area contributed by atoms with Crippen LogP contribution in [-0.2, 0) is 9.53 Å². The number of carbonyl (C=O) groups is 2. The van der Waals surface area contributed by atoms with Gasteiger partial charge < -0.3 is 23.9 Å². The maximum atomic E-state index is 13.7. The molecular weight excluding hydrogens is 516 g/mol. The molecule has 1 saturated heterocycles. The zero-order valence-corrected chi connectivity index (χ0v) is 20.8. The minimum atomic E-state index is -0.747. The molecule has 0 bridgehead atoms. The molecule has 3 aromatic rings. The number of fused-ring (bicyclic) bond motifs is 1. The predicted octanol–water partition coefficient (Wildman–Crippen LogP) is 4.11. The molecule has 0 aliphatic carbocycles. The van der Waals surface area contributed by atoms with Crippen molar-refractivity contribution in [3.8, 4) is 5.75 Å². The molecule has 5 rings (SSSR count). The average Bonchev–Trinajstić information content (AvgIpc) is 3.42. The van der Waals surface area contributed by atoms with Gasteiger partial charge in [0.25, 0.3) is 5.91 Å². The second kappa shape index (κ2) is 9.85. The maximum Gasteiger partial charge on any atom is 0.290 e. The summed E-state index contributed by atoms with van der Waals surface area (Å²) in [6.07, 6.45) is 0. The van der Waals surface area contributed by atoms with Gasteiger partial charge in [0.05, 0.1) is 31.9 Å². The average molecular weight is 541 g/mol. The summed E-state index contributed by atoms with van der Waals surface area (Å²) in [6, 6.07) is 13.6. The minimum absolute atomic E-state index is 0.00750. The van der Waals surface area contributed by atoms with Crippen LogP contribution in [0.25, 0.3) is 11.0 Å². The molecule has 0 unspecified atom stereocenters. The number of benzene rings is 2. The molecule has 1 atom stereocenters. The van der Waals surface area contributed by atoms with Crippen LogP contribution in [0.3, 0.4) is 0 Å². The van der Waals surface area contributed by atoms with E-state index in [1.807, 2.05) is 30.3 Å². The Hall–Kier alpha value is -3.14. The van der Waals surface area contributed by atoms with Gasteiger partial charge in [-0.1, -0.05) is 40.2 Å². The second-order valence-electron chi connectivity index (χ2n) is 8.49. The Morgan fingerprint density at radius 1 is 1.14 bits per heavy atom. The number of Topliss-reactive ketones (excluding diaryl/α,β-unsaturated/α-hetero) is 1. The number of furan rings is 1. The van der Waals surface area contributed by atoms with Crippen molar-refractivity contribution < 1.29 is 28.6 Å². The molecule has 2 aromatic carbocycles. The molecule has 8 nitrogen and oxygen atoms in total. The van der Waals surface area contributed by atoms with Crippen LogP contribution >= 0.6 is 15.9 Å². The monoisotopic (exact) mass is 540 g/mol. The first kappa shape index (κ1) is 23.6. The highest BCUT2D eigenvalue weighted by atomic mass is 79.9. The normalized spacial score (nSPS) is 19.1. The maximum absolute atomic E-state index is 13.7. The predicted molar refractivity (Wildman–Crippen MR) is 133 cm³/mol. The van der Waals surface area contributed by atoms with Crippen LogP contribution in [0.4, 0.5) is 0 Å². The number of carbonyl (C=O) groups excluding carboxylic acids is 2. The quantitative estimate of drug-likeness (QED) is 0.450. The summed E-state index contributed by atoms with van der Waals surface area (Å²) < 4.78 is 17.4. The lowest BCUT2D eigenvalue weighted by atomic mass is 9.95. The fraction of sp³-hybridized carbons (Fsp3) is 0.308. The van der Waals surface area contributed by atoms with E-state index in [0.29, 0.717) is 43.0 Å². The Morgan fingerprint density at radius 2 is 1.91 bits per heavy atom. The smallest absolute Gasteiger partial charge is 0.290 e. The molecule has 0 radical (unpaired) electrons. The van der Waals surface area contributed by atoms with Gasteiger partial charge in [-0.15, -0.1) is 0 Å². The number of methoxy groups -OCH3 is 1. The Bertz CT molecular complexity index is 1310. The van der Waals surface area contributed by atoms with Crippen LogP contribution in [0.15, 0.2) is 68.8 Å². The number of morpholine rings is 1. The highest BCUT2D eigenvalue weighted by Crippen LogP contribution is 2.40. The summed E-state index contributed by atoms with van der Waals surface area (Å²) in [7, 11) is 1.53. The van der Waals surface area contributed by atoms with E-state index in [-0.39, 0.29) is 11.3 Å². The first-order valence-corrected chi connectivity index (χ1v) is 12.2. The van der Waals surface area contributed by atoms with Crippen molar-refractivity contribution in [2.45, 2.75) is 6.04 Å². The Balaban J connectivity index is 1.52. The summed E-state index contributed by atoms with van der Waals surface area (Å²) in [6.45, 7) is 3.80. The lowest BCUT2D eigenvalue weighted by Crippen LogP contribution is -2.43. The van der Waals surface area contributed by atoms with Crippen LogP contribution in [0.1, 0.15) is 22.2 Å². The van der Waals surface area contributed by atoms with Gasteiger partial charge in [-0.05, 0) is 29.8 Å². The third-order valence-electron chi connectivity index (χ3n) is 6.43. The number of hydrogen-bond donors (Lipinski definition) is 1. The lowest BCUT2D eigenvalue weighted by Gasteiger charge is -2.31. The number of rotatable bonds is 7. The van der Waals surface area contributed by atoms with Crippen molar-refractivity contribution in [2.24, 2.45) is 0 Å². The van der Waals surface area contributed by atoms with Crippen LogP contribution in [0.5, 0.6) is 5.75 Å². The number of amides is 1. The molecule has 0 saturated carbocycles. The third kappa shape index (κ3) is 4.47. The number of aliphatic hydroxyl groups excluding tert-OH is 1. The van der Waals surface area contributed by atoms with E-state index in [1.54, 1.807) is 23.1 Å². The van der Waals surface area contributed by atoms with Gasteiger partial charge in [0.15, 0.2) is 22.9 Å². The molecule has 182 valence electrons. The van der Waals surface area contributed by atoms with E-state index in [9.17, 15) is 14.7 Å². The van der Waals surface area contributed by atoms with Crippen molar-refractivity contribution in [1.29, 1.82) is 0 Å². The molecule has 1 N–H and O–H groups in total. The molecule has 1 fully saturated rings. The summed E-state index contributed by atoms with van der Waals surface area (Å²) in [5.41, 5.74) is 1.16. The van der Waals surface area contributed by atoms with E-state index in [1.165, 1.54) is 7.11 Å². The van der Waals surface area contributed by atoms with Crippen molar-refractivity contribution in [2.75, 3.05) is 46.5 Å². The van der Waals surface area contributed by atoms with Gasteiger partial charge in [-0.25, -0.2) is 0 Å². The summed E-state index contributed by atoms with van der Waals surface area (Å²) >= 11 is 3.48. The second-order valence-corrected chi connectivity index (χ2v) is 9.41. The summed E-state index contributed by atoms with van der Waals surface area (Å²) in [5, 5.41) is 11.6. The van der Waals surface area contributed by atoms with E-state index in [4.69, 9.17) is 13.9 Å². The molecule has 1 aromatic heterocycles. The molecule has 35 heavy (non-hydrogen) atoms. The van der Waals surface area contributed by atoms with Crippen LogP contribution in [0, 0.1) is 0 Å². The van der Waals surface area contributed by atoms with Gasteiger partial charge in [-0.2, -0.15) is 0 Å². The highest BCUT2D eigenvalue weighted by Gasteiger charge is 2.44. The van der Waals surface area contributed by atoms with Gasteiger partial charge in [-0.3, -0.25) is 14.5 Å².